The molecule has 6 nitrogen and oxygen atoms in total. The molecule has 0 aliphatic heterocycles. The molecule has 3 N–H and O–H groups in total. The highest BCUT2D eigenvalue weighted by Gasteiger charge is 2.22. The van der Waals surface area contributed by atoms with Gasteiger partial charge in [-0.15, -0.1) is 0 Å². The smallest absolute Gasteiger partial charge is 0.240 e. The van der Waals surface area contributed by atoms with E-state index < -0.39 is 27.3 Å². The third-order valence-corrected chi connectivity index (χ3v) is 4.95. The Morgan fingerprint density at radius 2 is 1.77 bits per heavy atom. The number of nitrogens with zero attached hydrogens (tertiary/aromatic N) is 1. The summed E-state index contributed by atoms with van der Waals surface area (Å²) in [6.07, 6.45) is 0. The second-order valence-corrected chi connectivity index (χ2v) is 7.74. The Labute approximate surface area is 158 Å². The molecule has 26 heavy (non-hydrogen) atoms. The van der Waals surface area contributed by atoms with Crippen LogP contribution in [0.1, 0.15) is 5.76 Å². The SMILES string of the molecule is NS(=O)(=O)c1ccc(-c2c(-c3cc(Cl)cc(Cl)c3)noc2CO)cc1F. The number of primary sulfonamides is 1. The first-order valence-corrected chi connectivity index (χ1v) is 9.39. The highest BCUT2D eigenvalue weighted by atomic mass is 35.5. The minimum absolute atomic E-state index is 0.0684. The number of benzene rings is 2. The molecule has 0 radical (unpaired) electrons. The summed E-state index contributed by atoms with van der Waals surface area (Å²) < 4.78 is 42.1. The number of aliphatic hydroxyl groups excluding tert-OH is 1. The van der Waals surface area contributed by atoms with Crippen LogP contribution in [0.3, 0.4) is 0 Å². The third kappa shape index (κ3) is 3.60. The Morgan fingerprint density at radius 3 is 2.31 bits per heavy atom. The second kappa shape index (κ2) is 6.98. The molecule has 0 spiro atoms. The van der Waals surface area contributed by atoms with Gasteiger partial charge in [-0.3, -0.25) is 0 Å². The van der Waals surface area contributed by atoms with E-state index in [-0.39, 0.29) is 22.6 Å². The van der Waals surface area contributed by atoms with Gasteiger partial charge in [0, 0.05) is 15.6 Å². The predicted molar refractivity (Wildman–Crippen MR) is 94.6 cm³/mol. The molecule has 136 valence electrons. The molecule has 1 heterocycles. The van der Waals surface area contributed by atoms with Crippen LogP contribution in [0.5, 0.6) is 0 Å². The summed E-state index contributed by atoms with van der Waals surface area (Å²) in [5, 5.41) is 19.1. The Kier molecular flexibility index (Phi) is 5.05. The molecule has 0 unspecified atom stereocenters. The van der Waals surface area contributed by atoms with Crippen molar-refractivity contribution < 1.29 is 22.4 Å². The van der Waals surface area contributed by atoms with Crippen molar-refractivity contribution in [3.05, 3.63) is 58.0 Å². The van der Waals surface area contributed by atoms with E-state index in [0.29, 0.717) is 15.6 Å². The topological polar surface area (TPSA) is 106 Å². The molecule has 0 aliphatic rings. The van der Waals surface area contributed by atoms with Gasteiger partial charge in [-0.1, -0.05) is 34.4 Å². The van der Waals surface area contributed by atoms with Gasteiger partial charge in [0.1, 0.15) is 23.0 Å². The minimum Gasteiger partial charge on any atom is -0.388 e. The molecule has 0 saturated heterocycles. The van der Waals surface area contributed by atoms with Gasteiger partial charge >= 0.3 is 0 Å². The highest BCUT2D eigenvalue weighted by Crippen LogP contribution is 2.37. The number of aromatic nitrogens is 1. The lowest BCUT2D eigenvalue weighted by Gasteiger charge is -2.07. The first-order valence-electron chi connectivity index (χ1n) is 7.09. The van der Waals surface area contributed by atoms with E-state index in [4.69, 9.17) is 32.9 Å². The maximum Gasteiger partial charge on any atom is 0.240 e. The quantitative estimate of drug-likeness (QED) is 0.675. The van der Waals surface area contributed by atoms with Gasteiger partial charge in [0.2, 0.25) is 10.0 Å². The first kappa shape index (κ1) is 18.8. The van der Waals surface area contributed by atoms with Gasteiger partial charge in [-0.05, 0) is 35.9 Å². The molecule has 10 heteroatoms. The fourth-order valence-corrected chi connectivity index (χ4v) is 3.62. The number of hydrogen-bond donors (Lipinski definition) is 2. The van der Waals surface area contributed by atoms with Gasteiger partial charge in [-0.25, -0.2) is 17.9 Å². The summed E-state index contributed by atoms with van der Waals surface area (Å²) in [6, 6.07) is 8.02. The average Bonchev–Trinajstić information content (AvgIpc) is 2.96. The van der Waals surface area contributed by atoms with Gasteiger partial charge in [0.05, 0.1) is 5.56 Å². The fourth-order valence-electron chi connectivity index (χ4n) is 2.50. The van der Waals surface area contributed by atoms with E-state index in [1.807, 2.05) is 0 Å². The Morgan fingerprint density at radius 1 is 1.12 bits per heavy atom. The van der Waals surface area contributed by atoms with E-state index >= 15 is 0 Å². The normalized spacial score (nSPS) is 11.7. The van der Waals surface area contributed by atoms with Crippen LogP contribution in [0.25, 0.3) is 22.4 Å². The second-order valence-electron chi connectivity index (χ2n) is 5.34. The van der Waals surface area contributed by atoms with Crippen molar-refractivity contribution in [2.24, 2.45) is 5.14 Å². The van der Waals surface area contributed by atoms with Crippen LogP contribution in [-0.2, 0) is 16.6 Å². The maximum absolute atomic E-state index is 14.2. The lowest BCUT2D eigenvalue weighted by atomic mass is 9.99. The third-order valence-electron chi connectivity index (χ3n) is 3.57. The lowest BCUT2D eigenvalue weighted by Crippen LogP contribution is -2.14. The lowest BCUT2D eigenvalue weighted by molar-refractivity contribution is 0.230. The Balaban J connectivity index is 2.22. The van der Waals surface area contributed by atoms with Gasteiger partial charge in [0.25, 0.3) is 0 Å². The summed E-state index contributed by atoms with van der Waals surface area (Å²) >= 11 is 12.0. The zero-order valence-corrected chi connectivity index (χ0v) is 15.2. The van der Waals surface area contributed by atoms with Crippen molar-refractivity contribution in [3.8, 4) is 22.4 Å². The van der Waals surface area contributed by atoms with E-state index in [9.17, 15) is 17.9 Å². The fraction of sp³-hybridized carbons (Fsp3) is 0.0625. The van der Waals surface area contributed by atoms with Crippen molar-refractivity contribution in [2.45, 2.75) is 11.5 Å². The monoisotopic (exact) mass is 416 g/mol. The van der Waals surface area contributed by atoms with Crippen LogP contribution in [0, 0.1) is 5.82 Å². The van der Waals surface area contributed by atoms with Crippen molar-refractivity contribution in [2.75, 3.05) is 0 Å². The molecule has 0 bridgehead atoms. The zero-order chi connectivity index (χ0) is 19.1. The molecular formula is C16H11Cl2FN2O4S. The molecule has 0 atom stereocenters. The van der Waals surface area contributed by atoms with Crippen molar-refractivity contribution in [3.63, 3.8) is 0 Å². The van der Waals surface area contributed by atoms with Gasteiger partial charge in [0.15, 0.2) is 5.76 Å². The molecule has 3 rings (SSSR count). The summed E-state index contributed by atoms with van der Waals surface area (Å²) in [7, 11) is -4.21. The van der Waals surface area contributed by atoms with Crippen molar-refractivity contribution in [1.82, 2.24) is 5.16 Å². The van der Waals surface area contributed by atoms with Crippen LogP contribution in [0.2, 0.25) is 10.0 Å². The number of sulfonamides is 1. The largest absolute Gasteiger partial charge is 0.388 e. The summed E-state index contributed by atoms with van der Waals surface area (Å²) in [4.78, 5) is -0.643. The molecule has 2 aromatic carbocycles. The number of nitrogens with two attached hydrogens (primary N) is 1. The maximum atomic E-state index is 14.2. The molecule has 0 saturated carbocycles. The van der Waals surface area contributed by atoms with Crippen LogP contribution in [0.15, 0.2) is 45.8 Å². The molecule has 0 aliphatic carbocycles. The first-order chi connectivity index (χ1) is 12.2. The van der Waals surface area contributed by atoms with Crippen molar-refractivity contribution >= 4 is 33.2 Å². The predicted octanol–water partition coefficient (Wildman–Crippen LogP) is 3.59. The number of rotatable bonds is 4. The van der Waals surface area contributed by atoms with E-state index in [2.05, 4.69) is 5.16 Å². The average molecular weight is 417 g/mol. The standard InChI is InChI=1S/C16H11Cl2FN2O4S/c17-10-3-9(4-11(18)6-10)16-15(13(7-22)25-21-16)8-1-2-14(12(19)5-8)26(20,23)24/h1-6,22H,7H2,(H2,20,23,24). The number of aliphatic hydroxyl groups is 1. The number of hydrogen-bond acceptors (Lipinski definition) is 5. The Bertz CT molecular complexity index is 1080. The Hall–Kier alpha value is -1.97. The summed E-state index contributed by atoms with van der Waals surface area (Å²) in [5.41, 5.74) is 1.27. The summed E-state index contributed by atoms with van der Waals surface area (Å²) in [6.45, 7) is -0.505. The molecule has 0 amide bonds. The molecule has 1 aromatic heterocycles. The van der Waals surface area contributed by atoms with E-state index in [1.165, 1.54) is 12.1 Å². The van der Waals surface area contributed by atoms with Crippen LogP contribution in [-0.4, -0.2) is 18.7 Å². The molecule has 3 aromatic rings. The summed E-state index contributed by atoms with van der Waals surface area (Å²) in [5.74, 6) is -0.969. The van der Waals surface area contributed by atoms with Crippen LogP contribution >= 0.6 is 23.2 Å². The molecule has 0 fully saturated rings. The van der Waals surface area contributed by atoms with Gasteiger partial charge in [-0.2, -0.15) is 0 Å². The van der Waals surface area contributed by atoms with E-state index in [1.54, 1.807) is 12.1 Å². The number of halogens is 3. The zero-order valence-electron chi connectivity index (χ0n) is 12.9. The minimum atomic E-state index is -4.21. The molecular weight excluding hydrogens is 406 g/mol. The van der Waals surface area contributed by atoms with Crippen LogP contribution < -0.4 is 5.14 Å². The van der Waals surface area contributed by atoms with E-state index in [0.717, 1.165) is 12.1 Å². The van der Waals surface area contributed by atoms with Crippen molar-refractivity contribution in [1.29, 1.82) is 0 Å². The van der Waals surface area contributed by atoms with Gasteiger partial charge < -0.3 is 9.63 Å². The highest BCUT2D eigenvalue weighted by molar-refractivity contribution is 7.89. The van der Waals surface area contributed by atoms with Crippen LogP contribution in [0.4, 0.5) is 4.39 Å².